The molecule has 1 aliphatic heterocycles. The number of nitrogens with zero attached hydrogens (tertiary/aromatic N) is 3. The number of rotatable bonds is 5. The highest BCUT2D eigenvalue weighted by Gasteiger charge is 2.56. The van der Waals surface area contributed by atoms with Crippen molar-refractivity contribution in [3.05, 3.63) is 87.8 Å². The first-order valence-corrected chi connectivity index (χ1v) is 11.9. The normalized spacial score (nSPS) is 20.3. The molecule has 3 aromatic rings. The van der Waals surface area contributed by atoms with Gasteiger partial charge in [-0.05, 0) is 33.3 Å². The Hall–Kier alpha value is -4.73. The van der Waals surface area contributed by atoms with Crippen LogP contribution in [-0.4, -0.2) is 42.3 Å². The fraction of sp³-hybridized carbons (Fsp3) is 0.250. The Labute approximate surface area is 218 Å². The van der Waals surface area contributed by atoms with E-state index in [1.165, 1.54) is 26.8 Å². The Morgan fingerprint density at radius 3 is 2.42 bits per heavy atom. The van der Waals surface area contributed by atoms with E-state index in [9.17, 15) is 24.6 Å². The Morgan fingerprint density at radius 2 is 1.82 bits per heavy atom. The van der Waals surface area contributed by atoms with Crippen LogP contribution in [0.1, 0.15) is 59.7 Å². The van der Waals surface area contributed by atoms with Crippen LogP contribution in [-0.2, 0) is 22.1 Å². The van der Waals surface area contributed by atoms with E-state index < -0.39 is 34.6 Å². The summed E-state index contributed by atoms with van der Waals surface area (Å²) in [5, 5.41) is 29.2. The number of hydrogen-bond donors (Lipinski definition) is 3. The van der Waals surface area contributed by atoms with Crippen molar-refractivity contribution in [3.63, 3.8) is 0 Å². The number of phenolic OH excluding ortho intramolecular Hbond substituents is 2. The molecular weight excluding hydrogens is 488 g/mol. The molecule has 10 heteroatoms. The predicted octanol–water partition coefficient (Wildman–Crippen LogP) is 3.08. The number of allylic oxidation sites excluding steroid dienone is 4. The topological polar surface area (TPSA) is 144 Å². The van der Waals surface area contributed by atoms with Crippen molar-refractivity contribution in [2.45, 2.75) is 39.2 Å². The van der Waals surface area contributed by atoms with Crippen LogP contribution >= 0.6 is 0 Å². The smallest absolute Gasteiger partial charge is 0.194 e. The third kappa shape index (κ3) is 3.52. The van der Waals surface area contributed by atoms with Crippen LogP contribution in [0.4, 0.5) is 0 Å². The van der Waals surface area contributed by atoms with Crippen LogP contribution in [0.25, 0.3) is 0 Å². The molecule has 2 heterocycles. The first-order valence-electron chi connectivity index (χ1n) is 11.9. The average Bonchev–Trinajstić information content (AvgIpc) is 3.43. The van der Waals surface area contributed by atoms with Crippen LogP contribution < -0.4 is 10.1 Å². The summed E-state index contributed by atoms with van der Waals surface area (Å²) >= 11 is 0. The maximum Gasteiger partial charge on any atom is 0.194 e. The van der Waals surface area contributed by atoms with Crippen LogP contribution in [0, 0.1) is 6.92 Å². The largest absolute Gasteiger partial charge is 0.507 e. The molecule has 3 N–H and O–H groups in total. The number of ketones is 3. The number of aromatic nitrogens is 3. The van der Waals surface area contributed by atoms with Gasteiger partial charge in [0, 0.05) is 24.4 Å². The minimum absolute atomic E-state index is 0.0205. The minimum atomic E-state index is -1.60. The van der Waals surface area contributed by atoms with Crippen molar-refractivity contribution < 1.29 is 29.3 Å². The molecule has 194 valence electrons. The number of phenols is 2. The molecule has 0 bridgehead atoms. The van der Waals surface area contributed by atoms with Crippen LogP contribution in [0.3, 0.4) is 0 Å². The van der Waals surface area contributed by atoms with Gasteiger partial charge in [-0.15, -0.1) is 0 Å². The zero-order chi connectivity index (χ0) is 27.5. The number of Topliss-reactive ketones (excluding diaryl/α,β-unsaturated/α-hetero) is 2. The molecule has 1 aliphatic carbocycles. The van der Waals surface area contributed by atoms with E-state index in [1.54, 1.807) is 25.0 Å². The molecule has 0 saturated heterocycles. The SMILES string of the molecule is CC(=O)c1c(O)c(C)c(O)c2c1OC1=CC(=O)/C(=C(/C)N[C@@H](c3ccccc3)c3ncn(C)n3)C(=O)[C@@]12C. The quantitative estimate of drug-likeness (QED) is 0.266. The van der Waals surface area contributed by atoms with Gasteiger partial charge in [0.05, 0.1) is 11.1 Å². The number of fused-ring (bicyclic) bond motifs is 3. The lowest BCUT2D eigenvalue weighted by molar-refractivity contribution is -0.123. The highest BCUT2D eigenvalue weighted by atomic mass is 16.5. The van der Waals surface area contributed by atoms with E-state index in [2.05, 4.69) is 15.4 Å². The molecule has 38 heavy (non-hydrogen) atoms. The number of aryl methyl sites for hydroxylation is 1. The van der Waals surface area contributed by atoms with Crippen LogP contribution in [0.5, 0.6) is 17.2 Å². The predicted molar refractivity (Wildman–Crippen MR) is 136 cm³/mol. The molecule has 0 unspecified atom stereocenters. The Kier molecular flexibility index (Phi) is 5.70. The lowest BCUT2D eigenvalue weighted by Gasteiger charge is -2.29. The fourth-order valence-corrected chi connectivity index (χ4v) is 5.08. The Bertz CT molecular complexity index is 1600. The van der Waals surface area contributed by atoms with E-state index in [0.29, 0.717) is 5.82 Å². The molecule has 0 spiro atoms. The lowest BCUT2D eigenvalue weighted by atomic mass is 9.70. The third-order valence-electron chi connectivity index (χ3n) is 7.13. The van der Waals surface area contributed by atoms with Crippen LogP contribution in [0.2, 0.25) is 0 Å². The van der Waals surface area contributed by atoms with Crippen molar-refractivity contribution in [1.29, 1.82) is 0 Å². The summed E-state index contributed by atoms with van der Waals surface area (Å²) in [6, 6.07) is 8.80. The molecule has 0 radical (unpaired) electrons. The third-order valence-corrected chi connectivity index (χ3v) is 7.13. The van der Waals surface area contributed by atoms with Crippen molar-refractivity contribution in [3.8, 4) is 17.2 Å². The number of carbonyl (C=O) groups excluding carboxylic acids is 3. The van der Waals surface area contributed by atoms with E-state index in [0.717, 1.165) is 5.56 Å². The summed E-state index contributed by atoms with van der Waals surface area (Å²) in [4.78, 5) is 44.1. The first-order chi connectivity index (χ1) is 18.0. The summed E-state index contributed by atoms with van der Waals surface area (Å²) < 4.78 is 7.39. The van der Waals surface area contributed by atoms with Crippen molar-refractivity contribution in [1.82, 2.24) is 20.1 Å². The molecule has 1 aromatic heterocycles. The fourth-order valence-electron chi connectivity index (χ4n) is 5.08. The van der Waals surface area contributed by atoms with E-state index in [4.69, 9.17) is 4.74 Å². The summed E-state index contributed by atoms with van der Waals surface area (Å²) in [6.45, 7) is 5.83. The van der Waals surface area contributed by atoms with Crippen molar-refractivity contribution in [2.75, 3.05) is 0 Å². The van der Waals surface area contributed by atoms with E-state index in [-0.39, 0.29) is 45.2 Å². The van der Waals surface area contributed by atoms with Crippen molar-refractivity contribution >= 4 is 17.3 Å². The first kappa shape index (κ1) is 24.9. The molecule has 2 aliphatic rings. The zero-order valence-electron chi connectivity index (χ0n) is 21.5. The average molecular weight is 515 g/mol. The van der Waals surface area contributed by atoms with E-state index in [1.807, 2.05) is 30.3 Å². The number of carbonyl (C=O) groups is 3. The molecule has 5 rings (SSSR count). The number of aromatic hydroxyl groups is 2. The summed E-state index contributed by atoms with van der Waals surface area (Å²) in [7, 11) is 1.74. The lowest BCUT2D eigenvalue weighted by Crippen LogP contribution is -2.41. The summed E-state index contributed by atoms with van der Waals surface area (Å²) in [5.41, 5.74) is -0.695. The van der Waals surface area contributed by atoms with Gasteiger partial charge in [0.15, 0.2) is 23.2 Å². The van der Waals surface area contributed by atoms with Gasteiger partial charge < -0.3 is 20.3 Å². The standard InChI is InChI=1S/C28H26N4O6/c1-13-23(35)20(15(3)33)25-21(24(13)36)28(4)18(38-25)11-17(34)19(26(28)37)14(2)30-22(16-9-7-6-8-10-16)27-29-12-32(5)31-27/h6-12,22,30,35-36H,1-5H3/b19-14+/t22-,28-/m0/s1. The maximum absolute atomic E-state index is 14.1. The molecule has 2 atom stereocenters. The van der Waals surface area contributed by atoms with Crippen molar-refractivity contribution in [2.24, 2.45) is 7.05 Å². The number of ether oxygens (including phenoxy) is 1. The maximum atomic E-state index is 14.1. The Morgan fingerprint density at radius 1 is 1.13 bits per heavy atom. The highest BCUT2D eigenvalue weighted by Crippen LogP contribution is 2.57. The van der Waals surface area contributed by atoms with Gasteiger partial charge in [-0.1, -0.05) is 30.3 Å². The second kappa shape index (κ2) is 8.69. The van der Waals surface area contributed by atoms with Gasteiger partial charge >= 0.3 is 0 Å². The summed E-state index contributed by atoms with van der Waals surface area (Å²) in [5.74, 6) is -2.22. The highest BCUT2D eigenvalue weighted by molar-refractivity contribution is 6.31. The number of nitrogens with one attached hydrogen (secondary N) is 1. The van der Waals surface area contributed by atoms with Crippen LogP contribution in [0.15, 0.2) is 59.8 Å². The monoisotopic (exact) mass is 514 g/mol. The summed E-state index contributed by atoms with van der Waals surface area (Å²) in [6.07, 6.45) is 2.75. The van der Waals surface area contributed by atoms with Gasteiger partial charge in [0.1, 0.15) is 46.4 Å². The van der Waals surface area contributed by atoms with Gasteiger partial charge in [0.25, 0.3) is 0 Å². The molecular formula is C28H26N4O6. The van der Waals surface area contributed by atoms with Gasteiger partial charge in [-0.25, -0.2) is 4.98 Å². The Balaban J connectivity index is 1.65. The molecule has 0 fully saturated rings. The zero-order valence-corrected chi connectivity index (χ0v) is 21.5. The molecule has 10 nitrogen and oxygen atoms in total. The molecule has 0 amide bonds. The van der Waals surface area contributed by atoms with Gasteiger partial charge in [-0.2, -0.15) is 5.10 Å². The molecule has 0 saturated carbocycles. The number of hydrogen-bond acceptors (Lipinski definition) is 9. The minimum Gasteiger partial charge on any atom is -0.507 e. The van der Waals surface area contributed by atoms with E-state index >= 15 is 0 Å². The number of benzene rings is 2. The second-order valence-corrected chi connectivity index (χ2v) is 9.65. The van der Waals surface area contributed by atoms with Gasteiger partial charge in [0.2, 0.25) is 0 Å². The second-order valence-electron chi connectivity index (χ2n) is 9.65. The van der Waals surface area contributed by atoms with Gasteiger partial charge in [-0.3, -0.25) is 19.1 Å². The molecule has 2 aromatic carbocycles.